The van der Waals surface area contributed by atoms with Gasteiger partial charge in [-0.05, 0) is 30.7 Å². The zero-order chi connectivity index (χ0) is 17.3. The second-order valence-electron chi connectivity index (χ2n) is 4.98. The van der Waals surface area contributed by atoms with Gasteiger partial charge in [0, 0.05) is 24.1 Å². The molecule has 116 valence electrons. The van der Waals surface area contributed by atoms with E-state index >= 15 is 0 Å². The summed E-state index contributed by atoms with van der Waals surface area (Å²) in [5.41, 5.74) is 0.332. The molecule has 3 N–H and O–H groups in total. The highest BCUT2D eigenvalue weighted by Crippen LogP contribution is 2.38. The molecule has 6 heteroatoms. The van der Waals surface area contributed by atoms with Crippen LogP contribution in [0.5, 0.6) is 17.2 Å². The van der Waals surface area contributed by atoms with E-state index in [2.05, 4.69) is 0 Å². The van der Waals surface area contributed by atoms with Gasteiger partial charge in [0.1, 0.15) is 17.2 Å². The smallest absolute Gasteiger partial charge is 0.201 e. The summed E-state index contributed by atoms with van der Waals surface area (Å²) < 4.78 is 0. The van der Waals surface area contributed by atoms with Crippen molar-refractivity contribution in [3.05, 3.63) is 52.1 Å². The topological polar surface area (TPSA) is 119 Å². The Bertz CT molecular complexity index is 814. The summed E-state index contributed by atoms with van der Waals surface area (Å²) in [6, 6.07) is 6.75. The minimum atomic E-state index is -0.635. The molecule has 0 saturated carbocycles. The lowest BCUT2D eigenvalue weighted by Gasteiger charge is -2.19. The molecule has 0 spiro atoms. The van der Waals surface area contributed by atoms with Crippen LogP contribution in [0.15, 0.2) is 24.3 Å². The Hall–Kier alpha value is -3.33. The molecule has 6 nitrogen and oxygen atoms in total. The first kappa shape index (κ1) is 16.0. The summed E-state index contributed by atoms with van der Waals surface area (Å²) in [6.07, 6.45) is 0. The number of phenolic OH excluding ortho intramolecular Hbond substituents is 3. The molecule has 0 unspecified atom stereocenters. The number of benzene rings is 2. The van der Waals surface area contributed by atoms with Gasteiger partial charge in [-0.1, -0.05) is 0 Å². The van der Waals surface area contributed by atoms with Crippen LogP contribution in [0.4, 0.5) is 0 Å². The number of fused-ring (bicyclic) bond motifs is 2. The normalized spacial score (nSPS) is 11.7. The van der Waals surface area contributed by atoms with Crippen molar-refractivity contribution < 1.29 is 24.9 Å². The molecule has 2 aromatic rings. The molecule has 0 radical (unpaired) electrons. The van der Waals surface area contributed by atoms with Gasteiger partial charge in [-0.15, -0.1) is 0 Å². The third kappa shape index (κ3) is 2.60. The first-order valence-electron chi connectivity index (χ1n) is 6.61. The molecule has 0 bridgehead atoms. The van der Waals surface area contributed by atoms with Gasteiger partial charge in [-0.3, -0.25) is 9.59 Å². The lowest BCUT2D eigenvalue weighted by molar-refractivity contribution is 0.0974. The van der Waals surface area contributed by atoms with E-state index in [9.17, 15) is 24.9 Å². The van der Waals surface area contributed by atoms with E-state index < -0.39 is 17.3 Å². The Morgan fingerprint density at radius 2 is 1.35 bits per heavy atom. The Morgan fingerprint density at radius 1 is 0.870 bits per heavy atom. The van der Waals surface area contributed by atoms with Gasteiger partial charge in [-0.25, -0.2) is 0 Å². The van der Waals surface area contributed by atoms with E-state index in [1.165, 1.54) is 19.1 Å². The zero-order valence-corrected chi connectivity index (χ0v) is 12.4. The summed E-state index contributed by atoms with van der Waals surface area (Å²) in [5.74, 6) is -2.23. The maximum absolute atomic E-state index is 12.4. The third-order valence-electron chi connectivity index (χ3n) is 3.31. The molecule has 1 aliphatic rings. The molecule has 0 aromatic heterocycles. The predicted molar refractivity (Wildman–Crippen MR) is 80.8 cm³/mol. The van der Waals surface area contributed by atoms with E-state index in [1.807, 2.05) is 0 Å². The standard InChI is InChI=1S/C15H10O5.C2H3N/c1-6-2-8-12(10(17)3-6)15(20)13-9(14(8)19)4-7(16)5-11(13)18;1-2-3/h2-5,16-18H,1H3;1H3. The summed E-state index contributed by atoms with van der Waals surface area (Å²) in [6.45, 7) is 3.12. The average Bonchev–Trinajstić information content (AvgIpc) is 2.44. The summed E-state index contributed by atoms with van der Waals surface area (Å²) in [7, 11) is 0. The Morgan fingerprint density at radius 3 is 1.91 bits per heavy atom. The predicted octanol–water partition coefficient (Wildman–Crippen LogP) is 2.42. The number of hydrogen-bond donors (Lipinski definition) is 3. The second-order valence-corrected chi connectivity index (χ2v) is 4.98. The monoisotopic (exact) mass is 311 g/mol. The van der Waals surface area contributed by atoms with Crippen molar-refractivity contribution in [1.29, 1.82) is 5.26 Å². The van der Waals surface area contributed by atoms with Crippen LogP contribution in [0.1, 0.15) is 44.3 Å². The van der Waals surface area contributed by atoms with Crippen LogP contribution in [-0.2, 0) is 0 Å². The number of rotatable bonds is 0. The van der Waals surface area contributed by atoms with E-state index in [1.54, 1.807) is 13.0 Å². The lowest BCUT2D eigenvalue weighted by Crippen LogP contribution is -2.21. The fourth-order valence-electron chi connectivity index (χ4n) is 2.48. The van der Waals surface area contributed by atoms with E-state index in [4.69, 9.17) is 5.26 Å². The first-order chi connectivity index (χ1) is 10.8. The number of ketones is 2. The van der Waals surface area contributed by atoms with Crippen LogP contribution in [-0.4, -0.2) is 26.9 Å². The second kappa shape index (κ2) is 5.81. The molecular weight excluding hydrogens is 298 g/mol. The van der Waals surface area contributed by atoms with Crippen molar-refractivity contribution >= 4 is 11.6 Å². The van der Waals surface area contributed by atoms with Gasteiger partial charge in [0.2, 0.25) is 5.78 Å². The third-order valence-corrected chi connectivity index (χ3v) is 3.31. The minimum absolute atomic E-state index is 0.0648. The van der Waals surface area contributed by atoms with E-state index in [-0.39, 0.29) is 33.8 Å². The van der Waals surface area contributed by atoms with Crippen LogP contribution < -0.4 is 0 Å². The average molecular weight is 311 g/mol. The van der Waals surface area contributed by atoms with Crippen LogP contribution in [0.2, 0.25) is 0 Å². The van der Waals surface area contributed by atoms with Gasteiger partial charge in [0.05, 0.1) is 17.2 Å². The highest BCUT2D eigenvalue weighted by molar-refractivity contribution is 6.30. The van der Waals surface area contributed by atoms with Gasteiger partial charge in [0.15, 0.2) is 5.78 Å². The van der Waals surface area contributed by atoms with Crippen molar-refractivity contribution in [2.75, 3.05) is 0 Å². The summed E-state index contributed by atoms with van der Waals surface area (Å²) in [5, 5.41) is 36.5. The maximum atomic E-state index is 12.4. The van der Waals surface area contributed by atoms with Crippen LogP contribution in [0.3, 0.4) is 0 Å². The molecule has 3 rings (SSSR count). The molecule has 0 aliphatic heterocycles. The van der Waals surface area contributed by atoms with Gasteiger partial charge >= 0.3 is 0 Å². The maximum Gasteiger partial charge on any atom is 0.201 e. The zero-order valence-electron chi connectivity index (χ0n) is 12.4. The molecule has 1 aliphatic carbocycles. The number of nitriles is 1. The molecule has 0 fully saturated rings. The minimum Gasteiger partial charge on any atom is -0.508 e. The Balaban J connectivity index is 0.000000595. The number of nitrogens with zero attached hydrogens (tertiary/aromatic N) is 1. The summed E-state index contributed by atoms with van der Waals surface area (Å²) in [4.78, 5) is 24.7. The molecule has 0 heterocycles. The van der Waals surface area contributed by atoms with Crippen LogP contribution in [0.25, 0.3) is 0 Å². The number of aryl methyl sites for hydroxylation is 1. The van der Waals surface area contributed by atoms with Gasteiger partial charge < -0.3 is 15.3 Å². The van der Waals surface area contributed by atoms with Crippen molar-refractivity contribution in [3.8, 4) is 23.3 Å². The quantitative estimate of drug-likeness (QED) is 0.586. The number of carbonyl (C=O) groups excluding carboxylic acids is 2. The molecular formula is C17H13NO5. The first-order valence-corrected chi connectivity index (χ1v) is 6.61. The molecule has 23 heavy (non-hydrogen) atoms. The number of aromatic hydroxyl groups is 3. The van der Waals surface area contributed by atoms with Crippen molar-refractivity contribution in [2.45, 2.75) is 13.8 Å². The lowest BCUT2D eigenvalue weighted by atomic mass is 9.82. The molecule has 0 atom stereocenters. The fourth-order valence-corrected chi connectivity index (χ4v) is 2.48. The van der Waals surface area contributed by atoms with E-state index in [0.29, 0.717) is 5.56 Å². The number of phenols is 3. The summed E-state index contributed by atoms with van der Waals surface area (Å²) >= 11 is 0. The Kier molecular flexibility index (Phi) is 4.06. The molecule has 0 saturated heterocycles. The van der Waals surface area contributed by atoms with E-state index in [0.717, 1.165) is 12.1 Å². The fraction of sp³-hybridized carbons (Fsp3) is 0.118. The Labute approximate surface area is 131 Å². The van der Waals surface area contributed by atoms with Gasteiger partial charge in [-0.2, -0.15) is 5.26 Å². The molecule has 2 aromatic carbocycles. The largest absolute Gasteiger partial charge is 0.508 e. The SMILES string of the molecule is CC#N.Cc1cc(O)c2c(c1)C(=O)c1cc(O)cc(O)c1C2=O. The van der Waals surface area contributed by atoms with Crippen molar-refractivity contribution in [3.63, 3.8) is 0 Å². The van der Waals surface area contributed by atoms with Gasteiger partial charge in [0.25, 0.3) is 0 Å². The molecule has 0 amide bonds. The van der Waals surface area contributed by atoms with Crippen LogP contribution in [0, 0.1) is 18.3 Å². The number of carbonyl (C=O) groups is 2. The van der Waals surface area contributed by atoms with Crippen molar-refractivity contribution in [1.82, 2.24) is 0 Å². The highest BCUT2D eigenvalue weighted by atomic mass is 16.3. The highest BCUT2D eigenvalue weighted by Gasteiger charge is 2.34. The number of hydrogen-bond acceptors (Lipinski definition) is 6. The van der Waals surface area contributed by atoms with Crippen LogP contribution >= 0.6 is 0 Å². The van der Waals surface area contributed by atoms with Crippen molar-refractivity contribution in [2.24, 2.45) is 0 Å².